The minimum absolute atomic E-state index is 0.00299. The number of aromatic amines is 1. The third-order valence-electron chi connectivity index (χ3n) is 2.55. The van der Waals surface area contributed by atoms with Crippen molar-refractivity contribution in [3.63, 3.8) is 0 Å². The molecule has 0 atom stereocenters. The van der Waals surface area contributed by atoms with Crippen LogP contribution in [-0.4, -0.2) is 31.7 Å². The number of carbonyl (C=O) groups excluding carboxylic acids is 1. The van der Waals surface area contributed by atoms with Crippen molar-refractivity contribution in [1.82, 2.24) is 10.2 Å². The van der Waals surface area contributed by atoms with E-state index in [0.717, 1.165) is 25.4 Å². The number of methoxy groups -OCH3 is 1. The quantitative estimate of drug-likeness (QED) is 0.713. The molecule has 0 aliphatic heterocycles. The van der Waals surface area contributed by atoms with Crippen molar-refractivity contribution in [3.05, 3.63) is 35.8 Å². The van der Waals surface area contributed by atoms with E-state index in [1.807, 2.05) is 4.72 Å². The Balaban J connectivity index is 2.40. The summed E-state index contributed by atoms with van der Waals surface area (Å²) in [4.78, 5) is 11.0. The number of carbonyl (C=O) groups is 1. The van der Waals surface area contributed by atoms with E-state index in [0.29, 0.717) is 0 Å². The molecule has 112 valence electrons. The number of aromatic nitrogens is 2. The molecule has 0 amide bonds. The molecule has 2 aromatic rings. The summed E-state index contributed by atoms with van der Waals surface area (Å²) in [5.74, 6) is -1.77. The molecule has 2 rings (SSSR count). The Hall–Kier alpha value is -2.62. The Labute approximate surface area is 119 Å². The molecule has 1 aromatic carbocycles. The number of esters is 1. The maximum Gasteiger partial charge on any atom is 0.337 e. The summed E-state index contributed by atoms with van der Waals surface area (Å²) in [6.07, 6.45) is 0.986. The first-order valence-electron chi connectivity index (χ1n) is 5.54. The second-order valence-electron chi connectivity index (χ2n) is 3.94. The lowest BCUT2D eigenvalue weighted by Gasteiger charge is -2.09. The molecule has 0 radical (unpaired) electrons. The smallest absolute Gasteiger partial charge is 0.337 e. The maximum atomic E-state index is 13.7. The van der Waals surface area contributed by atoms with Crippen molar-refractivity contribution in [2.24, 2.45) is 0 Å². The first-order valence-corrected chi connectivity index (χ1v) is 7.03. The molecular formula is C11H11FN4O4S. The lowest BCUT2D eigenvalue weighted by molar-refractivity contribution is 0.0600. The lowest BCUT2D eigenvalue weighted by atomic mass is 10.2. The average Bonchev–Trinajstić information content (AvgIpc) is 2.87. The Morgan fingerprint density at radius 1 is 1.48 bits per heavy atom. The summed E-state index contributed by atoms with van der Waals surface area (Å²) < 4.78 is 44.3. The molecule has 21 heavy (non-hydrogen) atoms. The molecule has 8 nitrogen and oxygen atoms in total. The number of benzene rings is 1. The average molecular weight is 314 g/mol. The number of ether oxygens (including phenoxy) is 1. The summed E-state index contributed by atoms with van der Waals surface area (Å²) >= 11 is 0. The number of nitrogen functional groups attached to an aromatic ring is 1. The molecule has 0 spiro atoms. The highest BCUT2D eigenvalue weighted by Gasteiger charge is 2.21. The highest BCUT2D eigenvalue weighted by atomic mass is 32.2. The zero-order valence-corrected chi connectivity index (χ0v) is 11.6. The Kier molecular flexibility index (Phi) is 3.80. The van der Waals surface area contributed by atoms with Crippen LogP contribution in [0.2, 0.25) is 0 Å². The van der Waals surface area contributed by atoms with Gasteiger partial charge in [-0.25, -0.2) is 17.6 Å². The molecule has 4 N–H and O–H groups in total. The van der Waals surface area contributed by atoms with Crippen molar-refractivity contribution < 1.29 is 22.3 Å². The van der Waals surface area contributed by atoms with Crippen molar-refractivity contribution in [3.8, 4) is 0 Å². The van der Waals surface area contributed by atoms with Gasteiger partial charge in [-0.2, -0.15) is 5.10 Å². The van der Waals surface area contributed by atoms with Crippen molar-refractivity contribution in [2.45, 2.75) is 4.90 Å². The van der Waals surface area contributed by atoms with E-state index in [9.17, 15) is 17.6 Å². The maximum absolute atomic E-state index is 13.7. The first kappa shape index (κ1) is 14.8. The monoisotopic (exact) mass is 314 g/mol. The van der Waals surface area contributed by atoms with Gasteiger partial charge in [-0.05, 0) is 18.2 Å². The zero-order valence-electron chi connectivity index (χ0n) is 10.8. The van der Waals surface area contributed by atoms with E-state index < -0.39 is 27.5 Å². The number of hydrogen-bond donors (Lipinski definition) is 3. The Morgan fingerprint density at radius 3 is 2.76 bits per heavy atom. The summed E-state index contributed by atoms with van der Waals surface area (Å²) in [7, 11) is -2.98. The van der Waals surface area contributed by atoms with Crippen LogP contribution in [0, 0.1) is 5.82 Å². The van der Waals surface area contributed by atoms with Gasteiger partial charge in [0.25, 0.3) is 10.0 Å². The van der Waals surface area contributed by atoms with Crippen LogP contribution in [0.1, 0.15) is 10.4 Å². The van der Waals surface area contributed by atoms with Gasteiger partial charge in [0.1, 0.15) is 16.5 Å². The predicted molar refractivity (Wildman–Crippen MR) is 71.5 cm³/mol. The fourth-order valence-corrected chi connectivity index (χ4v) is 2.63. The summed E-state index contributed by atoms with van der Waals surface area (Å²) in [5.41, 5.74) is 5.01. The molecule has 0 aliphatic carbocycles. The third-order valence-corrected chi connectivity index (χ3v) is 3.95. The minimum Gasteiger partial charge on any atom is -0.465 e. The van der Waals surface area contributed by atoms with E-state index in [1.165, 1.54) is 6.07 Å². The highest BCUT2D eigenvalue weighted by molar-refractivity contribution is 7.92. The molecular weight excluding hydrogens is 303 g/mol. The van der Waals surface area contributed by atoms with Crippen LogP contribution in [0.5, 0.6) is 0 Å². The summed E-state index contributed by atoms with van der Waals surface area (Å²) in [6, 6.07) is 3.14. The molecule has 0 saturated heterocycles. The van der Waals surface area contributed by atoms with Crippen LogP contribution in [0.4, 0.5) is 15.9 Å². The van der Waals surface area contributed by atoms with Gasteiger partial charge in [0.15, 0.2) is 0 Å². The van der Waals surface area contributed by atoms with Crippen LogP contribution in [0.15, 0.2) is 29.3 Å². The van der Waals surface area contributed by atoms with Crippen molar-refractivity contribution in [1.29, 1.82) is 0 Å². The van der Waals surface area contributed by atoms with Crippen LogP contribution in [-0.2, 0) is 14.8 Å². The molecule has 1 aromatic heterocycles. The topological polar surface area (TPSA) is 127 Å². The van der Waals surface area contributed by atoms with E-state index in [1.54, 1.807) is 0 Å². The standard InChI is InChI=1S/C11H11FN4O4S/c1-20-11(17)6-2-3-7(12)8(4-6)16-21(18,19)9-5-14-15-10(9)13/h2-5,16H,1H3,(H3,13,14,15). The molecule has 1 heterocycles. The number of halogens is 1. The van der Waals surface area contributed by atoms with Gasteiger partial charge in [0.2, 0.25) is 0 Å². The number of H-pyrrole nitrogens is 1. The van der Waals surface area contributed by atoms with E-state index in [4.69, 9.17) is 5.73 Å². The number of rotatable bonds is 4. The van der Waals surface area contributed by atoms with Crippen LogP contribution in [0.25, 0.3) is 0 Å². The number of sulfonamides is 1. The second kappa shape index (κ2) is 5.40. The van der Waals surface area contributed by atoms with Gasteiger partial charge in [-0.1, -0.05) is 0 Å². The van der Waals surface area contributed by atoms with Crippen LogP contribution >= 0.6 is 0 Å². The highest BCUT2D eigenvalue weighted by Crippen LogP contribution is 2.22. The second-order valence-corrected chi connectivity index (χ2v) is 5.59. The van der Waals surface area contributed by atoms with Crippen molar-refractivity contribution in [2.75, 3.05) is 17.6 Å². The zero-order chi connectivity index (χ0) is 15.6. The SMILES string of the molecule is COC(=O)c1ccc(F)c(NS(=O)(=O)c2cn[nH]c2N)c1. The van der Waals surface area contributed by atoms with Gasteiger partial charge in [-0.15, -0.1) is 0 Å². The summed E-state index contributed by atoms with van der Waals surface area (Å²) in [5, 5.41) is 5.73. The van der Waals surface area contributed by atoms with Gasteiger partial charge < -0.3 is 10.5 Å². The van der Waals surface area contributed by atoms with Gasteiger partial charge in [0.05, 0.1) is 24.6 Å². The predicted octanol–water partition coefficient (Wildman–Crippen LogP) is 0.718. The van der Waals surface area contributed by atoms with Gasteiger partial charge in [-0.3, -0.25) is 9.82 Å². The fraction of sp³-hybridized carbons (Fsp3) is 0.0909. The third kappa shape index (κ3) is 2.94. The molecule has 0 unspecified atom stereocenters. The summed E-state index contributed by atoms with van der Waals surface area (Å²) in [6.45, 7) is 0. The molecule has 10 heteroatoms. The number of nitrogens with one attached hydrogen (secondary N) is 2. The Morgan fingerprint density at radius 2 is 2.19 bits per heavy atom. The van der Waals surface area contributed by atoms with E-state index in [-0.39, 0.29) is 16.3 Å². The molecule has 0 aliphatic rings. The van der Waals surface area contributed by atoms with E-state index in [2.05, 4.69) is 14.9 Å². The van der Waals surface area contributed by atoms with Crippen LogP contribution in [0.3, 0.4) is 0 Å². The molecule has 0 saturated carbocycles. The van der Waals surface area contributed by atoms with Crippen LogP contribution < -0.4 is 10.5 Å². The Bertz CT molecular complexity index is 787. The number of nitrogens with zero attached hydrogens (tertiary/aromatic N) is 1. The normalized spacial score (nSPS) is 11.1. The minimum atomic E-state index is -4.13. The number of anilines is 2. The fourth-order valence-electron chi connectivity index (χ4n) is 1.55. The first-order chi connectivity index (χ1) is 9.85. The van der Waals surface area contributed by atoms with Crippen molar-refractivity contribution >= 4 is 27.5 Å². The molecule has 0 fully saturated rings. The molecule has 0 bridgehead atoms. The lowest BCUT2D eigenvalue weighted by Crippen LogP contribution is -2.15. The number of nitrogens with two attached hydrogens (primary N) is 1. The van der Waals surface area contributed by atoms with Gasteiger partial charge >= 0.3 is 5.97 Å². The van der Waals surface area contributed by atoms with E-state index >= 15 is 0 Å². The largest absolute Gasteiger partial charge is 0.465 e. The van der Waals surface area contributed by atoms with Gasteiger partial charge in [0, 0.05) is 0 Å². The number of hydrogen-bond acceptors (Lipinski definition) is 6.